The number of aliphatic hydroxyl groups excluding tert-OH is 1. The highest BCUT2D eigenvalue weighted by Crippen LogP contribution is 2.13. The van der Waals surface area contributed by atoms with Crippen LogP contribution < -0.4 is 5.32 Å². The number of rotatable bonds is 6. The second-order valence-electron chi connectivity index (χ2n) is 6.02. The van der Waals surface area contributed by atoms with E-state index in [0.717, 1.165) is 12.1 Å². The fourth-order valence-corrected chi connectivity index (χ4v) is 2.34. The molecule has 0 saturated carbocycles. The zero-order chi connectivity index (χ0) is 17.0. The molecule has 0 aliphatic rings. The lowest BCUT2D eigenvalue weighted by atomic mass is 10.1. The first-order valence-electron chi connectivity index (χ1n) is 7.61. The van der Waals surface area contributed by atoms with Gasteiger partial charge in [0.15, 0.2) is 0 Å². The second-order valence-corrected chi connectivity index (χ2v) is 6.02. The van der Waals surface area contributed by atoms with Gasteiger partial charge < -0.3 is 10.4 Å². The first kappa shape index (κ1) is 17.1. The van der Waals surface area contributed by atoms with Crippen molar-refractivity contribution in [3.63, 3.8) is 0 Å². The van der Waals surface area contributed by atoms with Crippen molar-refractivity contribution in [1.82, 2.24) is 15.1 Å². The molecule has 0 unspecified atom stereocenters. The largest absolute Gasteiger partial charge is 0.387 e. The van der Waals surface area contributed by atoms with Crippen LogP contribution in [-0.2, 0) is 13.5 Å². The number of hydrogen-bond acceptors (Lipinski definition) is 3. The minimum absolute atomic E-state index is 0.0508. The molecule has 1 amide bonds. The number of amides is 1. The molecule has 124 valence electrons. The van der Waals surface area contributed by atoms with Crippen LogP contribution in [0.25, 0.3) is 0 Å². The van der Waals surface area contributed by atoms with E-state index < -0.39 is 6.10 Å². The number of nitrogens with zero attached hydrogens (tertiary/aromatic N) is 2. The van der Waals surface area contributed by atoms with Crippen molar-refractivity contribution in [2.24, 2.45) is 13.0 Å². The van der Waals surface area contributed by atoms with E-state index in [1.54, 1.807) is 13.1 Å². The molecule has 0 bridgehead atoms. The summed E-state index contributed by atoms with van der Waals surface area (Å²) < 4.78 is 14.4. The van der Waals surface area contributed by atoms with Gasteiger partial charge >= 0.3 is 0 Å². The Morgan fingerprint density at radius 1 is 1.35 bits per heavy atom. The van der Waals surface area contributed by atoms with Crippen molar-refractivity contribution in [3.05, 3.63) is 53.1 Å². The molecule has 1 aromatic carbocycles. The van der Waals surface area contributed by atoms with E-state index >= 15 is 0 Å². The minimum Gasteiger partial charge on any atom is -0.387 e. The van der Waals surface area contributed by atoms with Crippen molar-refractivity contribution in [2.45, 2.75) is 26.4 Å². The van der Waals surface area contributed by atoms with Gasteiger partial charge in [0.25, 0.3) is 5.91 Å². The monoisotopic (exact) mass is 319 g/mol. The van der Waals surface area contributed by atoms with Crippen LogP contribution in [0.4, 0.5) is 4.39 Å². The minimum atomic E-state index is -0.886. The van der Waals surface area contributed by atoms with Crippen molar-refractivity contribution in [2.75, 3.05) is 6.54 Å². The molecule has 1 aromatic heterocycles. The zero-order valence-electron chi connectivity index (χ0n) is 13.6. The summed E-state index contributed by atoms with van der Waals surface area (Å²) in [4.78, 5) is 12.2. The summed E-state index contributed by atoms with van der Waals surface area (Å²) in [7, 11) is 1.72. The Balaban J connectivity index is 1.96. The van der Waals surface area contributed by atoms with Crippen molar-refractivity contribution in [1.29, 1.82) is 0 Å². The fraction of sp³-hybridized carbons (Fsp3) is 0.412. The van der Waals surface area contributed by atoms with Gasteiger partial charge in [0.1, 0.15) is 11.5 Å². The van der Waals surface area contributed by atoms with E-state index in [0.29, 0.717) is 17.2 Å². The molecule has 23 heavy (non-hydrogen) atoms. The van der Waals surface area contributed by atoms with E-state index in [9.17, 15) is 14.3 Å². The summed E-state index contributed by atoms with van der Waals surface area (Å²) in [6.07, 6.45) is -0.0813. The summed E-state index contributed by atoms with van der Waals surface area (Å²) in [5.41, 5.74) is 1.87. The van der Waals surface area contributed by atoms with Gasteiger partial charge in [-0.15, -0.1) is 0 Å². The number of aryl methyl sites for hydroxylation is 1. The van der Waals surface area contributed by atoms with Gasteiger partial charge in [0.2, 0.25) is 0 Å². The van der Waals surface area contributed by atoms with Crippen molar-refractivity contribution in [3.8, 4) is 0 Å². The van der Waals surface area contributed by atoms with Gasteiger partial charge in [-0.05, 0) is 36.1 Å². The molecule has 2 rings (SSSR count). The maximum absolute atomic E-state index is 12.9. The Morgan fingerprint density at radius 3 is 2.61 bits per heavy atom. The van der Waals surface area contributed by atoms with Gasteiger partial charge in [-0.1, -0.05) is 26.0 Å². The third-order valence-corrected chi connectivity index (χ3v) is 3.49. The molecule has 0 spiro atoms. The number of halogens is 1. The summed E-state index contributed by atoms with van der Waals surface area (Å²) in [5, 5.41) is 17.0. The molecule has 2 N–H and O–H groups in total. The average Bonchev–Trinajstić information content (AvgIpc) is 2.85. The van der Waals surface area contributed by atoms with E-state index in [1.165, 1.54) is 28.9 Å². The topological polar surface area (TPSA) is 67.2 Å². The molecule has 0 radical (unpaired) electrons. The highest BCUT2D eigenvalue weighted by Gasteiger charge is 2.15. The van der Waals surface area contributed by atoms with E-state index in [4.69, 9.17) is 0 Å². The van der Waals surface area contributed by atoms with Gasteiger partial charge in [-0.3, -0.25) is 9.48 Å². The van der Waals surface area contributed by atoms with E-state index in [-0.39, 0.29) is 18.3 Å². The predicted octanol–water partition coefficient (Wildman–Crippen LogP) is 2.22. The third-order valence-electron chi connectivity index (χ3n) is 3.49. The van der Waals surface area contributed by atoms with Crippen LogP contribution in [0, 0.1) is 11.7 Å². The van der Waals surface area contributed by atoms with Crippen LogP contribution >= 0.6 is 0 Å². The summed E-state index contributed by atoms with van der Waals surface area (Å²) in [6, 6.07) is 7.31. The smallest absolute Gasteiger partial charge is 0.269 e. The zero-order valence-corrected chi connectivity index (χ0v) is 13.6. The van der Waals surface area contributed by atoms with Crippen molar-refractivity contribution < 1.29 is 14.3 Å². The number of carbonyl (C=O) groups excluding carboxylic acids is 1. The molecule has 0 saturated heterocycles. The molecular formula is C17H22FN3O2. The van der Waals surface area contributed by atoms with Gasteiger partial charge in [-0.25, -0.2) is 4.39 Å². The molecule has 0 aliphatic heterocycles. The normalized spacial score (nSPS) is 12.4. The van der Waals surface area contributed by atoms with Crippen LogP contribution in [0.5, 0.6) is 0 Å². The predicted molar refractivity (Wildman–Crippen MR) is 85.4 cm³/mol. The van der Waals surface area contributed by atoms with Crippen LogP contribution in [0.15, 0.2) is 30.3 Å². The SMILES string of the molecule is CC(C)Cc1cc(C(=O)NC[C@@H](O)c2ccc(F)cc2)n(C)n1. The first-order valence-corrected chi connectivity index (χ1v) is 7.61. The molecule has 0 fully saturated rings. The van der Waals surface area contributed by atoms with Crippen LogP contribution in [0.2, 0.25) is 0 Å². The maximum atomic E-state index is 12.9. The maximum Gasteiger partial charge on any atom is 0.269 e. The number of benzene rings is 1. The first-order chi connectivity index (χ1) is 10.9. The molecule has 2 aromatic rings. The van der Waals surface area contributed by atoms with Crippen molar-refractivity contribution >= 4 is 5.91 Å². The second kappa shape index (κ2) is 7.37. The number of aromatic nitrogens is 2. The van der Waals surface area contributed by atoms with Crippen LogP contribution in [0.3, 0.4) is 0 Å². The lowest BCUT2D eigenvalue weighted by molar-refractivity contribution is 0.0907. The summed E-state index contributed by atoms with van der Waals surface area (Å²) in [5.74, 6) is -0.199. The Kier molecular flexibility index (Phi) is 5.50. The Labute approximate surface area is 135 Å². The van der Waals surface area contributed by atoms with Gasteiger partial charge in [-0.2, -0.15) is 5.10 Å². The Hall–Kier alpha value is -2.21. The number of hydrogen-bond donors (Lipinski definition) is 2. The molecule has 6 heteroatoms. The molecule has 1 heterocycles. The Bertz CT molecular complexity index is 665. The molecule has 1 atom stereocenters. The highest BCUT2D eigenvalue weighted by molar-refractivity contribution is 5.92. The quantitative estimate of drug-likeness (QED) is 0.858. The highest BCUT2D eigenvalue weighted by atomic mass is 19.1. The number of aliphatic hydroxyl groups is 1. The number of carbonyl (C=O) groups is 1. The Morgan fingerprint density at radius 2 is 2.00 bits per heavy atom. The lowest BCUT2D eigenvalue weighted by Crippen LogP contribution is -2.29. The standard InChI is InChI=1S/C17H22FN3O2/c1-11(2)8-14-9-15(21(3)20-14)17(23)19-10-16(22)12-4-6-13(18)7-5-12/h4-7,9,11,16,22H,8,10H2,1-3H3,(H,19,23)/t16-/m1/s1. The van der Waals surface area contributed by atoms with Crippen LogP contribution in [0.1, 0.15) is 41.7 Å². The number of nitrogens with one attached hydrogen (secondary N) is 1. The molecular weight excluding hydrogens is 297 g/mol. The van der Waals surface area contributed by atoms with Gasteiger partial charge in [0.05, 0.1) is 11.8 Å². The fourth-order valence-electron chi connectivity index (χ4n) is 2.34. The van der Waals surface area contributed by atoms with Gasteiger partial charge in [0, 0.05) is 13.6 Å². The average molecular weight is 319 g/mol. The summed E-state index contributed by atoms with van der Waals surface area (Å²) in [6.45, 7) is 4.23. The molecule has 0 aliphatic carbocycles. The van der Waals surface area contributed by atoms with Crippen LogP contribution in [-0.4, -0.2) is 27.3 Å². The molecule has 5 nitrogen and oxygen atoms in total. The third kappa shape index (κ3) is 4.63. The van der Waals surface area contributed by atoms with E-state index in [2.05, 4.69) is 24.3 Å². The lowest BCUT2D eigenvalue weighted by Gasteiger charge is -2.12. The van der Waals surface area contributed by atoms with E-state index in [1.807, 2.05) is 0 Å². The summed E-state index contributed by atoms with van der Waals surface area (Å²) >= 11 is 0.